The average Bonchev–Trinajstić information content (AvgIpc) is 3.50. The van der Waals surface area contributed by atoms with Crippen LogP contribution in [0.1, 0.15) is 35.6 Å². The lowest BCUT2D eigenvalue weighted by atomic mass is 9.68. The Kier molecular flexibility index (Phi) is 15.5. The largest absolute Gasteiger partial charge is 0.491 e. The predicted molar refractivity (Wildman–Crippen MR) is 200 cm³/mol. The van der Waals surface area contributed by atoms with Crippen molar-refractivity contribution in [3.05, 3.63) is 132 Å². The van der Waals surface area contributed by atoms with E-state index >= 15 is 0 Å². The normalized spacial score (nSPS) is 12.4. The predicted octanol–water partition coefficient (Wildman–Crippen LogP) is 6.56. The molecule has 0 aliphatic heterocycles. The number of hydrogen-bond acceptors (Lipinski definition) is 10. The van der Waals surface area contributed by atoms with Crippen molar-refractivity contribution in [2.75, 3.05) is 79.3 Å². The fourth-order valence-electron chi connectivity index (χ4n) is 6.28. The summed E-state index contributed by atoms with van der Waals surface area (Å²) in [7, 11) is 0. The first-order valence-corrected chi connectivity index (χ1v) is 18.0. The average molecular weight is 725 g/mol. The van der Waals surface area contributed by atoms with Crippen molar-refractivity contribution in [1.82, 2.24) is 0 Å². The topological polar surface area (TPSA) is 108 Å². The molecule has 0 saturated carbocycles. The highest BCUT2D eigenvalue weighted by Gasteiger charge is 2.45. The Hall–Kier alpha value is -5.00. The molecule has 0 saturated heterocycles. The van der Waals surface area contributed by atoms with Crippen LogP contribution < -0.4 is 9.47 Å². The summed E-state index contributed by atoms with van der Waals surface area (Å²) in [5, 5.41) is 0. The molecule has 4 aromatic rings. The van der Waals surface area contributed by atoms with Crippen LogP contribution in [0.25, 0.3) is 11.1 Å². The molecule has 0 heterocycles. The van der Waals surface area contributed by atoms with Gasteiger partial charge in [0.15, 0.2) is 0 Å². The van der Waals surface area contributed by atoms with E-state index in [4.69, 9.17) is 37.9 Å². The van der Waals surface area contributed by atoms with E-state index in [1.54, 1.807) is 6.92 Å². The van der Waals surface area contributed by atoms with Gasteiger partial charge in [-0.3, -0.25) is 4.79 Å². The first-order chi connectivity index (χ1) is 26.1. The summed E-state index contributed by atoms with van der Waals surface area (Å²) in [5.74, 6) is 0.813. The number of ether oxygens (including phenoxy) is 8. The van der Waals surface area contributed by atoms with E-state index < -0.39 is 11.4 Å². The summed E-state index contributed by atoms with van der Waals surface area (Å²) in [6.45, 7) is 9.47. The number of fused-ring (bicyclic) bond motifs is 3. The molecule has 280 valence electrons. The molecule has 0 radical (unpaired) electrons. The van der Waals surface area contributed by atoms with Crippen molar-refractivity contribution in [3.8, 4) is 22.6 Å². The van der Waals surface area contributed by atoms with Gasteiger partial charge >= 0.3 is 11.9 Å². The molecule has 53 heavy (non-hydrogen) atoms. The van der Waals surface area contributed by atoms with Gasteiger partial charge in [0.1, 0.15) is 37.9 Å². The summed E-state index contributed by atoms with van der Waals surface area (Å²) in [5.41, 5.74) is 6.58. The van der Waals surface area contributed by atoms with Gasteiger partial charge in [-0.15, -0.1) is 0 Å². The van der Waals surface area contributed by atoms with Crippen molar-refractivity contribution in [2.45, 2.75) is 18.8 Å². The number of esters is 2. The summed E-state index contributed by atoms with van der Waals surface area (Å²) < 4.78 is 44.0. The number of benzene rings is 4. The first-order valence-electron chi connectivity index (χ1n) is 18.0. The van der Waals surface area contributed by atoms with Crippen molar-refractivity contribution < 1.29 is 47.5 Å². The minimum absolute atomic E-state index is 0.180. The fraction of sp³-hybridized carbons (Fsp3) is 0.349. The van der Waals surface area contributed by atoms with Gasteiger partial charge in [0, 0.05) is 12.5 Å². The fourth-order valence-corrected chi connectivity index (χ4v) is 6.28. The maximum atomic E-state index is 11.2. The van der Waals surface area contributed by atoms with E-state index in [-0.39, 0.29) is 19.2 Å². The Balaban J connectivity index is 1.18. The minimum Gasteiger partial charge on any atom is -0.491 e. The van der Waals surface area contributed by atoms with Gasteiger partial charge in [0.05, 0.1) is 58.3 Å². The third-order valence-electron chi connectivity index (χ3n) is 8.68. The molecule has 10 heteroatoms. The summed E-state index contributed by atoms with van der Waals surface area (Å²) in [6.07, 6.45) is 1.48. The molecule has 0 spiro atoms. The second-order valence-corrected chi connectivity index (χ2v) is 12.0. The van der Waals surface area contributed by atoms with E-state index in [9.17, 15) is 9.59 Å². The highest BCUT2D eigenvalue weighted by Crippen LogP contribution is 2.56. The molecule has 0 unspecified atom stereocenters. The summed E-state index contributed by atoms with van der Waals surface area (Å²) in [6, 6.07) is 33.8. The zero-order chi connectivity index (χ0) is 37.1. The molecule has 0 N–H and O–H groups in total. The second-order valence-electron chi connectivity index (χ2n) is 12.0. The molecule has 1 aliphatic carbocycles. The molecule has 1 aliphatic rings. The molecular formula is C43H48O10. The quantitative estimate of drug-likeness (QED) is 0.0395. The molecule has 0 amide bonds. The summed E-state index contributed by atoms with van der Waals surface area (Å²) >= 11 is 0. The third kappa shape index (κ3) is 10.5. The first kappa shape index (κ1) is 39.2. The van der Waals surface area contributed by atoms with Crippen LogP contribution in [0.2, 0.25) is 0 Å². The highest BCUT2D eigenvalue weighted by atomic mass is 16.6. The van der Waals surface area contributed by atoms with E-state index in [1.807, 2.05) is 24.3 Å². The van der Waals surface area contributed by atoms with E-state index in [0.717, 1.165) is 28.7 Å². The number of carbonyl (C=O) groups is 2. The van der Waals surface area contributed by atoms with Crippen molar-refractivity contribution in [3.63, 3.8) is 0 Å². The number of rotatable bonds is 24. The van der Waals surface area contributed by atoms with E-state index in [2.05, 4.69) is 79.4 Å². The molecule has 5 rings (SSSR count). The maximum Gasteiger partial charge on any atom is 0.330 e. The van der Waals surface area contributed by atoms with Crippen LogP contribution in [0.4, 0.5) is 0 Å². The molecule has 0 bridgehead atoms. The summed E-state index contributed by atoms with van der Waals surface area (Å²) in [4.78, 5) is 22.2. The SMILES string of the molecule is C=CC(=O)OCCOCCOCCOc1ccc(C2(c3ccc(OCCOCCOCCOC(=O)CC)cc3)c3ccccc3-c3ccccc32)cc1. The molecule has 4 aromatic carbocycles. The third-order valence-corrected chi connectivity index (χ3v) is 8.68. The standard InChI is InChI=1S/C43H48O10/c1-3-41(44)52-31-27-48-23-21-46-25-29-50-35-17-13-33(14-18-35)43(39-11-7-5-9-37(39)38-10-6-8-12-40(38)43)34-15-19-36(20-16-34)51-30-26-47-22-24-49-28-32-53-42(45)4-2/h3,5-20H,1,4,21-32H2,2H3. The van der Waals surface area contributed by atoms with Gasteiger partial charge in [-0.25, -0.2) is 4.79 Å². The lowest BCUT2D eigenvalue weighted by molar-refractivity contribution is -0.145. The van der Waals surface area contributed by atoms with Crippen LogP contribution in [0.15, 0.2) is 110 Å². The Bertz CT molecular complexity index is 1690. The molecular weight excluding hydrogens is 676 g/mol. The Morgan fingerprint density at radius 1 is 0.528 bits per heavy atom. The van der Waals surface area contributed by atoms with Crippen molar-refractivity contribution in [1.29, 1.82) is 0 Å². The van der Waals surface area contributed by atoms with Crippen LogP contribution in [0.5, 0.6) is 11.5 Å². The molecule has 0 atom stereocenters. The highest BCUT2D eigenvalue weighted by molar-refractivity contribution is 5.86. The minimum atomic E-state index is -0.546. The van der Waals surface area contributed by atoms with Crippen LogP contribution in [0.3, 0.4) is 0 Å². The van der Waals surface area contributed by atoms with Gasteiger partial charge in [-0.1, -0.05) is 86.3 Å². The lowest BCUT2D eigenvalue weighted by Gasteiger charge is -2.34. The van der Waals surface area contributed by atoms with Crippen LogP contribution in [0, 0.1) is 0 Å². The van der Waals surface area contributed by atoms with Crippen LogP contribution in [-0.4, -0.2) is 91.2 Å². The van der Waals surface area contributed by atoms with Gasteiger partial charge in [0.2, 0.25) is 0 Å². The van der Waals surface area contributed by atoms with Crippen molar-refractivity contribution in [2.24, 2.45) is 0 Å². The van der Waals surface area contributed by atoms with Gasteiger partial charge < -0.3 is 37.9 Å². The van der Waals surface area contributed by atoms with Gasteiger partial charge in [-0.2, -0.15) is 0 Å². The van der Waals surface area contributed by atoms with Crippen LogP contribution in [-0.2, 0) is 43.4 Å². The van der Waals surface area contributed by atoms with Gasteiger partial charge in [-0.05, 0) is 57.6 Å². The maximum absolute atomic E-state index is 11.2. The van der Waals surface area contributed by atoms with Crippen LogP contribution >= 0.6 is 0 Å². The Morgan fingerprint density at radius 3 is 1.36 bits per heavy atom. The monoisotopic (exact) mass is 724 g/mol. The second kappa shape index (κ2) is 20.9. The molecule has 0 aromatic heterocycles. The van der Waals surface area contributed by atoms with E-state index in [0.29, 0.717) is 72.5 Å². The van der Waals surface area contributed by atoms with Crippen molar-refractivity contribution >= 4 is 11.9 Å². The zero-order valence-electron chi connectivity index (χ0n) is 30.3. The molecule has 10 nitrogen and oxygen atoms in total. The number of hydrogen-bond donors (Lipinski definition) is 0. The van der Waals surface area contributed by atoms with E-state index in [1.165, 1.54) is 22.3 Å². The Labute approximate surface area is 311 Å². The Morgan fingerprint density at radius 2 is 0.925 bits per heavy atom. The molecule has 0 fully saturated rings. The lowest BCUT2D eigenvalue weighted by Crippen LogP contribution is -2.28. The zero-order valence-corrected chi connectivity index (χ0v) is 30.3. The number of carbonyl (C=O) groups excluding carboxylic acids is 2. The van der Waals surface area contributed by atoms with Gasteiger partial charge in [0.25, 0.3) is 0 Å². The smallest absolute Gasteiger partial charge is 0.330 e.